The van der Waals surface area contributed by atoms with Gasteiger partial charge in [0.25, 0.3) is 0 Å². The van der Waals surface area contributed by atoms with Gasteiger partial charge in [0.1, 0.15) is 5.75 Å². The van der Waals surface area contributed by atoms with Crippen molar-refractivity contribution in [2.45, 2.75) is 18.9 Å². The van der Waals surface area contributed by atoms with E-state index in [4.69, 9.17) is 10.5 Å². The van der Waals surface area contributed by atoms with Gasteiger partial charge in [0, 0.05) is 24.5 Å². The van der Waals surface area contributed by atoms with Gasteiger partial charge in [-0.05, 0) is 25.0 Å². The monoisotopic (exact) mass is 232 g/mol. The summed E-state index contributed by atoms with van der Waals surface area (Å²) >= 11 is 0. The van der Waals surface area contributed by atoms with Crippen molar-refractivity contribution in [1.82, 2.24) is 4.90 Å². The molecule has 1 aliphatic carbocycles. The van der Waals surface area contributed by atoms with E-state index in [1.54, 1.807) is 17.0 Å². The van der Waals surface area contributed by atoms with Crippen LogP contribution in [0.3, 0.4) is 0 Å². The summed E-state index contributed by atoms with van der Waals surface area (Å²) in [7, 11) is 0. The highest BCUT2D eigenvalue weighted by atomic mass is 16.6. The minimum atomic E-state index is -0.282. The Kier molecular flexibility index (Phi) is 2.33. The van der Waals surface area contributed by atoms with Crippen LogP contribution >= 0.6 is 0 Å². The molecule has 0 unspecified atom stereocenters. The van der Waals surface area contributed by atoms with Crippen molar-refractivity contribution < 1.29 is 9.53 Å². The topological polar surface area (TPSA) is 55.6 Å². The van der Waals surface area contributed by atoms with Gasteiger partial charge in [-0.2, -0.15) is 0 Å². The molecule has 17 heavy (non-hydrogen) atoms. The molecule has 2 aliphatic rings. The molecule has 1 heterocycles. The highest BCUT2D eigenvalue weighted by molar-refractivity contribution is 5.71. The molecule has 1 amide bonds. The van der Waals surface area contributed by atoms with Crippen LogP contribution in [0.2, 0.25) is 0 Å². The molecule has 1 saturated carbocycles. The number of hydrogen-bond donors (Lipinski definition) is 1. The number of nitrogens with zero attached hydrogens (tertiary/aromatic N) is 1. The smallest absolute Gasteiger partial charge is 0.410 e. The molecule has 1 atom stereocenters. The Morgan fingerprint density at radius 3 is 2.65 bits per heavy atom. The molecule has 0 radical (unpaired) electrons. The van der Waals surface area contributed by atoms with Gasteiger partial charge in [-0.3, -0.25) is 0 Å². The van der Waals surface area contributed by atoms with Gasteiger partial charge in [-0.1, -0.05) is 18.2 Å². The third kappa shape index (κ3) is 1.89. The number of amides is 1. The Balaban J connectivity index is 1.64. The number of para-hydroxylation sites is 1. The van der Waals surface area contributed by atoms with Crippen molar-refractivity contribution in [3.63, 3.8) is 0 Å². The maximum atomic E-state index is 11.9. The summed E-state index contributed by atoms with van der Waals surface area (Å²) in [4.78, 5) is 13.7. The molecule has 3 rings (SSSR count). The summed E-state index contributed by atoms with van der Waals surface area (Å²) < 4.78 is 5.30. The normalized spacial score (nSPS) is 25.0. The Bertz CT molecular complexity index is 428. The van der Waals surface area contributed by atoms with E-state index in [2.05, 4.69) is 0 Å². The first-order chi connectivity index (χ1) is 8.20. The van der Waals surface area contributed by atoms with Crippen LogP contribution in [0.25, 0.3) is 0 Å². The highest BCUT2D eigenvalue weighted by Crippen LogP contribution is 2.51. The molecule has 1 aromatic rings. The second-order valence-electron chi connectivity index (χ2n) is 5.03. The third-order valence-electron chi connectivity index (χ3n) is 3.81. The fourth-order valence-corrected chi connectivity index (χ4v) is 2.48. The zero-order valence-corrected chi connectivity index (χ0v) is 9.63. The van der Waals surface area contributed by atoms with Crippen LogP contribution in [-0.2, 0) is 0 Å². The molecule has 1 aliphatic heterocycles. The third-order valence-corrected chi connectivity index (χ3v) is 3.81. The standard InChI is InChI=1S/C13H16N2O2/c14-11-8-15(9-13(11)6-7-13)12(16)17-10-4-2-1-3-5-10/h1-5,11H,6-9,14H2/t11-/m0/s1. The lowest BCUT2D eigenvalue weighted by Crippen LogP contribution is -2.34. The molecule has 2 fully saturated rings. The fourth-order valence-electron chi connectivity index (χ4n) is 2.48. The first-order valence-electron chi connectivity index (χ1n) is 5.97. The highest BCUT2D eigenvalue weighted by Gasteiger charge is 2.54. The minimum absolute atomic E-state index is 0.117. The van der Waals surface area contributed by atoms with Gasteiger partial charge in [0.05, 0.1) is 0 Å². The van der Waals surface area contributed by atoms with Gasteiger partial charge >= 0.3 is 6.09 Å². The number of carbonyl (C=O) groups is 1. The average Bonchev–Trinajstić information content (AvgIpc) is 3.02. The molecule has 0 bridgehead atoms. The minimum Gasteiger partial charge on any atom is -0.410 e. The van der Waals surface area contributed by atoms with E-state index in [9.17, 15) is 4.79 Å². The van der Waals surface area contributed by atoms with E-state index < -0.39 is 0 Å². The molecule has 4 nitrogen and oxygen atoms in total. The SMILES string of the molecule is N[C@H]1CN(C(=O)Oc2ccccc2)CC12CC2. The van der Waals surface area contributed by atoms with Crippen molar-refractivity contribution in [2.75, 3.05) is 13.1 Å². The summed E-state index contributed by atoms with van der Waals surface area (Å²) in [6.45, 7) is 1.37. The van der Waals surface area contributed by atoms with E-state index in [0.29, 0.717) is 12.3 Å². The van der Waals surface area contributed by atoms with E-state index in [-0.39, 0.29) is 17.6 Å². The molecule has 0 aromatic heterocycles. The van der Waals surface area contributed by atoms with Crippen molar-refractivity contribution in [3.05, 3.63) is 30.3 Å². The predicted octanol–water partition coefficient (Wildman–Crippen LogP) is 1.61. The summed E-state index contributed by atoms with van der Waals surface area (Å²) in [5.74, 6) is 0.586. The average molecular weight is 232 g/mol. The summed E-state index contributed by atoms with van der Waals surface area (Å²) in [5, 5.41) is 0. The van der Waals surface area contributed by atoms with Crippen LogP contribution in [0.1, 0.15) is 12.8 Å². The molecule has 4 heteroatoms. The van der Waals surface area contributed by atoms with E-state index in [1.165, 1.54) is 0 Å². The van der Waals surface area contributed by atoms with E-state index >= 15 is 0 Å². The Morgan fingerprint density at radius 2 is 2.06 bits per heavy atom. The van der Waals surface area contributed by atoms with Crippen LogP contribution in [0.5, 0.6) is 5.75 Å². The summed E-state index contributed by atoms with van der Waals surface area (Å²) in [6.07, 6.45) is 2.00. The summed E-state index contributed by atoms with van der Waals surface area (Å²) in [5.41, 5.74) is 6.25. The van der Waals surface area contributed by atoms with Crippen LogP contribution in [0.4, 0.5) is 4.79 Å². The lowest BCUT2D eigenvalue weighted by atomic mass is 10.0. The Hall–Kier alpha value is -1.55. The second-order valence-corrected chi connectivity index (χ2v) is 5.03. The molecule has 1 saturated heterocycles. The van der Waals surface area contributed by atoms with Gasteiger partial charge < -0.3 is 15.4 Å². The first-order valence-corrected chi connectivity index (χ1v) is 5.97. The number of carbonyl (C=O) groups excluding carboxylic acids is 1. The largest absolute Gasteiger partial charge is 0.415 e. The van der Waals surface area contributed by atoms with Crippen LogP contribution < -0.4 is 10.5 Å². The molecule has 1 spiro atoms. The zero-order chi connectivity index (χ0) is 11.9. The maximum absolute atomic E-state index is 11.9. The van der Waals surface area contributed by atoms with Gasteiger partial charge in [-0.25, -0.2) is 4.79 Å². The van der Waals surface area contributed by atoms with E-state index in [1.807, 2.05) is 18.2 Å². The van der Waals surface area contributed by atoms with Crippen molar-refractivity contribution in [2.24, 2.45) is 11.1 Å². The predicted molar refractivity (Wildman–Crippen MR) is 63.7 cm³/mol. The zero-order valence-electron chi connectivity index (χ0n) is 9.63. The van der Waals surface area contributed by atoms with Gasteiger partial charge in [-0.15, -0.1) is 0 Å². The lowest BCUT2D eigenvalue weighted by Gasteiger charge is -2.15. The lowest BCUT2D eigenvalue weighted by molar-refractivity contribution is 0.160. The number of nitrogens with two attached hydrogens (primary N) is 1. The molecular weight excluding hydrogens is 216 g/mol. The Labute approximate surface area is 100 Å². The number of ether oxygens (including phenoxy) is 1. The van der Waals surface area contributed by atoms with Crippen molar-refractivity contribution in [3.8, 4) is 5.75 Å². The maximum Gasteiger partial charge on any atom is 0.415 e. The number of hydrogen-bond acceptors (Lipinski definition) is 3. The van der Waals surface area contributed by atoms with Crippen molar-refractivity contribution in [1.29, 1.82) is 0 Å². The molecule has 90 valence electrons. The number of benzene rings is 1. The first kappa shape index (κ1) is 10.6. The van der Waals surface area contributed by atoms with Crippen LogP contribution in [-0.4, -0.2) is 30.1 Å². The van der Waals surface area contributed by atoms with E-state index in [0.717, 1.165) is 19.4 Å². The quantitative estimate of drug-likeness (QED) is 0.800. The van der Waals surface area contributed by atoms with Crippen molar-refractivity contribution >= 4 is 6.09 Å². The van der Waals surface area contributed by atoms with Crippen LogP contribution in [0.15, 0.2) is 30.3 Å². The second kappa shape index (κ2) is 3.74. The number of likely N-dealkylation sites (tertiary alicyclic amines) is 1. The summed E-state index contributed by atoms with van der Waals surface area (Å²) in [6, 6.07) is 9.26. The van der Waals surface area contributed by atoms with Gasteiger partial charge in [0.15, 0.2) is 0 Å². The number of rotatable bonds is 1. The molecular formula is C13H16N2O2. The Morgan fingerprint density at radius 1 is 1.35 bits per heavy atom. The molecule has 2 N–H and O–H groups in total. The molecule has 1 aromatic carbocycles. The van der Waals surface area contributed by atoms with Gasteiger partial charge in [0.2, 0.25) is 0 Å². The fraction of sp³-hybridized carbons (Fsp3) is 0.462. The van der Waals surface area contributed by atoms with Crippen LogP contribution in [0, 0.1) is 5.41 Å².